The highest BCUT2D eigenvalue weighted by atomic mass is 35.5. The summed E-state index contributed by atoms with van der Waals surface area (Å²) in [6.45, 7) is 2.53. The highest BCUT2D eigenvalue weighted by Crippen LogP contribution is 2.30. The number of piperazine rings is 1. The molecule has 28 heavy (non-hydrogen) atoms. The molecule has 1 aromatic carbocycles. The Morgan fingerprint density at radius 1 is 1.43 bits per heavy atom. The molecule has 10 heteroatoms. The molecule has 2 aliphatic rings. The third kappa shape index (κ3) is 4.06. The molecular formula is C18H22ClN5O4. The first kappa shape index (κ1) is 19.0. The van der Waals surface area contributed by atoms with E-state index in [2.05, 4.69) is 15.2 Å². The molecule has 2 bridgehead atoms. The number of rotatable bonds is 8. The van der Waals surface area contributed by atoms with E-state index in [1.807, 2.05) is 24.3 Å². The van der Waals surface area contributed by atoms with Gasteiger partial charge in [0.2, 0.25) is 0 Å². The quantitative estimate of drug-likeness (QED) is 0.508. The number of anilines is 1. The van der Waals surface area contributed by atoms with Crippen LogP contribution >= 0.6 is 11.6 Å². The first-order valence-electron chi connectivity index (χ1n) is 9.27. The van der Waals surface area contributed by atoms with Crippen LogP contribution in [0.3, 0.4) is 0 Å². The maximum absolute atomic E-state index is 10.7. The first-order chi connectivity index (χ1) is 13.5. The van der Waals surface area contributed by atoms with Crippen LogP contribution < -0.4 is 15.0 Å². The number of hydrogen-bond acceptors (Lipinski definition) is 7. The number of aryl methyl sites for hydroxylation is 1. The van der Waals surface area contributed by atoms with Crippen molar-refractivity contribution < 1.29 is 14.8 Å². The van der Waals surface area contributed by atoms with Crippen LogP contribution in [0.25, 0.3) is 0 Å². The highest BCUT2D eigenvalue weighted by Gasteiger charge is 2.37. The fourth-order valence-corrected chi connectivity index (χ4v) is 4.02. The van der Waals surface area contributed by atoms with E-state index in [1.54, 1.807) is 0 Å². The second-order valence-corrected chi connectivity index (χ2v) is 7.55. The molecule has 0 amide bonds. The molecule has 3 heterocycles. The number of nitro groups is 1. The number of hydrogen-bond donors (Lipinski definition) is 2. The number of benzene rings is 1. The summed E-state index contributed by atoms with van der Waals surface area (Å²) in [6, 6.07) is 9.10. The standard InChI is InChI=1S/C18H22ClN5O4/c19-18-21-17(24(26)27)10-22(18)6-5-15(25)11-28-16-3-1-13(2-4-16)23-9-12-7-14(23)8-20-12/h1-4,10,12,14-15,20,25H,5-9,11H2/t12?,14?,15-/m1/s1. The van der Waals surface area contributed by atoms with Crippen LogP contribution in [-0.4, -0.2) is 57.5 Å². The van der Waals surface area contributed by atoms with E-state index in [9.17, 15) is 15.2 Å². The van der Waals surface area contributed by atoms with Gasteiger partial charge in [-0.2, -0.15) is 0 Å². The molecule has 0 spiro atoms. The average Bonchev–Trinajstić information content (AvgIpc) is 3.41. The molecule has 2 N–H and O–H groups in total. The molecule has 3 atom stereocenters. The number of aromatic nitrogens is 2. The summed E-state index contributed by atoms with van der Waals surface area (Å²) in [6.07, 6.45) is 2.08. The first-order valence-corrected chi connectivity index (χ1v) is 9.65. The predicted octanol–water partition coefficient (Wildman–Crippen LogP) is 1.83. The highest BCUT2D eigenvalue weighted by molar-refractivity contribution is 6.28. The number of imidazole rings is 1. The van der Waals surface area contributed by atoms with E-state index in [4.69, 9.17) is 16.3 Å². The Hall–Kier alpha value is -2.36. The van der Waals surface area contributed by atoms with Crippen molar-refractivity contribution in [1.29, 1.82) is 0 Å². The summed E-state index contributed by atoms with van der Waals surface area (Å²) in [5.41, 5.74) is 1.19. The van der Waals surface area contributed by atoms with E-state index in [0.717, 1.165) is 13.1 Å². The molecule has 0 aliphatic carbocycles. The van der Waals surface area contributed by atoms with Crippen LogP contribution in [0.4, 0.5) is 11.5 Å². The topological polar surface area (TPSA) is 106 Å². The fraction of sp³-hybridized carbons (Fsp3) is 0.500. The lowest BCUT2D eigenvalue weighted by Gasteiger charge is -2.29. The van der Waals surface area contributed by atoms with E-state index < -0.39 is 11.0 Å². The zero-order valence-corrected chi connectivity index (χ0v) is 16.0. The molecule has 0 saturated carbocycles. The maximum Gasteiger partial charge on any atom is 0.383 e. The van der Waals surface area contributed by atoms with Gasteiger partial charge in [-0.3, -0.25) is 4.57 Å². The largest absolute Gasteiger partial charge is 0.491 e. The molecule has 150 valence electrons. The van der Waals surface area contributed by atoms with Crippen molar-refractivity contribution in [3.05, 3.63) is 45.9 Å². The number of nitrogens with zero attached hydrogens (tertiary/aromatic N) is 4. The minimum atomic E-state index is -0.724. The van der Waals surface area contributed by atoms with Crippen LogP contribution in [0.2, 0.25) is 5.28 Å². The number of aliphatic hydroxyl groups excluding tert-OH is 1. The van der Waals surface area contributed by atoms with Crippen molar-refractivity contribution in [2.45, 2.75) is 37.6 Å². The zero-order chi connectivity index (χ0) is 19.7. The van der Waals surface area contributed by atoms with Gasteiger partial charge >= 0.3 is 11.1 Å². The molecular weight excluding hydrogens is 386 g/mol. The van der Waals surface area contributed by atoms with Gasteiger partial charge in [0, 0.05) is 37.4 Å². The van der Waals surface area contributed by atoms with E-state index in [-0.39, 0.29) is 17.7 Å². The van der Waals surface area contributed by atoms with Crippen LogP contribution in [0.1, 0.15) is 12.8 Å². The Bertz CT molecular complexity index is 843. The van der Waals surface area contributed by atoms with E-state index >= 15 is 0 Å². The Morgan fingerprint density at radius 2 is 2.21 bits per heavy atom. The molecule has 2 aromatic rings. The monoisotopic (exact) mass is 407 g/mol. The molecule has 2 fully saturated rings. The number of aliphatic hydroxyl groups is 1. The Kier molecular flexibility index (Phi) is 5.38. The van der Waals surface area contributed by atoms with Gasteiger partial charge < -0.3 is 30.2 Å². The Balaban J connectivity index is 1.24. The maximum atomic E-state index is 10.7. The SMILES string of the molecule is O=[N+]([O-])c1cn(CC[C@@H](O)COc2ccc(N3CC4CC3CN4)cc2)c(Cl)n1. The van der Waals surface area contributed by atoms with Gasteiger partial charge in [0.1, 0.15) is 18.6 Å². The molecule has 2 unspecified atom stereocenters. The average molecular weight is 408 g/mol. The normalized spacial score (nSPS) is 21.9. The lowest BCUT2D eigenvalue weighted by Crippen LogP contribution is -2.43. The van der Waals surface area contributed by atoms with Crippen LogP contribution in [0, 0.1) is 10.1 Å². The van der Waals surface area contributed by atoms with Crippen LogP contribution in [0.15, 0.2) is 30.5 Å². The minimum Gasteiger partial charge on any atom is -0.491 e. The smallest absolute Gasteiger partial charge is 0.383 e. The molecule has 0 radical (unpaired) electrons. The van der Waals surface area contributed by atoms with Gasteiger partial charge in [0.05, 0.1) is 6.10 Å². The number of halogens is 1. The second kappa shape index (κ2) is 7.94. The van der Waals surface area contributed by atoms with Gasteiger partial charge in [0.15, 0.2) is 0 Å². The number of ether oxygens (including phenoxy) is 1. The number of nitrogens with one attached hydrogen (secondary N) is 1. The van der Waals surface area contributed by atoms with Crippen LogP contribution in [0.5, 0.6) is 5.75 Å². The lowest BCUT2D eigenvalue weighted by atomic mass is 10.2. The van der Waals surface area contributed by atoms with Crippen molar-refractivity contribution in [1.82, 2.24) is 14.9 Å². The molecule has 2 saturated heterocycles. The minimum absolute atomic E-state index is 0.0289. The van der Waals surface area contributed by atoms with Gasteiger partial charge in [-0.1, -0.05) is 0 Å². The summed E-state index contributed by atoms with van der Waals surface area (Å²) in [5.74, 6) is 0.388. The predicted molar refractivity (Wildman–Crippen MR) is 104 cm³/mol. The zero-order valence-electron chi connectivity index (χ0n) is 15.2. The summed E-state index contributed by atoms with van der Waals surface area (Å²) in [7, 11) is 0. The molecule has 4 rings (SSSR count). The van der Waals surface area contributed by atoms with Gasteiger partial charge in [-0.15, -0.1) is 0 Å². The number of fused-ring (bicyclic) bond motifs is 2. The summed E-state index contributed by atoms with van der Waals surface area (Å²) < 4.78 is 7.10. The fourth-order valence-electron chi connectivity index (χ4n) is 3.80. The van der Waals surface area contributed by atoms with Crippen molar-refractivity contribution in [2.24, 2.45) is 0 Å². The van der Waals surface area contributed by atoms with Gasteiger partial charge in [-0.25, -0.2) is 0 Å². The Morgan fingerprint density at radius 3 is 2.82 bits per heavy atom. The van der Waals surface area contributed by atoms with Crippen molar-refractivity contribution in [2.75, 3.05) is 24.6 Å². The summed E-state index contributed by atoms with van der Waals surface area (Å²) >= 11 is 5.86. The third-order valence-corrected chi connectivity index (χ3v) is 5.57. The lowest BCUT2D eigenvalue weighted by molar-refractivity contribution is -0.389. The summed E-state index contributed by atoms with van der Waals surface area (Å²) in [5, 5.41) is 24.4. The molecule has 1 aromatic heterocycles. The third-order valence-electron chi connectivity index (χ3n) is 5.27. The molecule has 2 aliphatic heterocycles. The van der Waals surface area contributed by atoms with Crippen molar-refractivity contribution in [3.63, 3.8) is 0 Å². The van der Waals surface area contributed by atoms with Crippen molar-refractivity contribution >= 4 is 23.1 Å². The Labute approximate surface area is 167 Å². The van der Waals surface area contributed by atoms with Crippen LogP contribution in [-0.2, 0) is 6.54 Å². The van der Waals surface area contributed by atoms with E-state index in [0.29, 0.717) is 30.8 Å². The van der Waals surface area contributed by atoms with Gasteiger partial charge in [-0.05, 0) is 58.6 Å². The second-order valence-electron chi connectivity index (χ2n) is 7.21. The summed E-state index contributed by atoms with van der Waals surface area (Å²) in [4.78, 5) is 16.2. The molecule has 9 nitrogen and oxygen atoms in total. The van der Waals surface area contributed by atoms with E-state index in [1.165, 1.54) is 22.9 Å². The van der Waals surface area contributed by atoms with Crippen molar-refractivity contribution in [3.8, 4) is 5.75 Å². The van der Waals surface area contributed by atoms with Gasteiger partial charge in [0.25, 0.3) is 0 Å².